The molecule has 1 heterocycles. The third-order valence-electron chi connectivity index (χ3n) is 2.37. The van der Waals surface area contributed by atoms with E-state index in [1.54, 1.807) is 0 Å². The predicted molar refractivity (Wildman–Crippen MR) is 64.8 cm³/mol. The summed E-state index contributed by atoms with van der Waals surface area (Å²) >= 11 is 3.28. The number of aryl methyl sites for hydroxylation is 1. The summed E-state index contributed by atoms with van der Waals surface area (Å²) in [5.41, 5.74) is 1.60. The zero-order valence-electron chi connectivity index (χ0n) is 9.17. The first-order valence-electron chi connectivity index (χ1n) is 4.98. The van der Waals surface area contributed by atoms with Gasteiger partial charge in [-0.05, 0) is 41.4 Å². The van der Waals surface area contributed by atoms with Crippen LogP contribution in [0.15, 0.2) is 16.7 Å². The van der Waals surface area contributed by atoms with E-state index >= 15 is 0 Å². The number of aromatic nitrogens is 1. The molecule has 0 radical (unpaired) electrons. The molecule has 1 rings (SSSR count). The maximum atomic E-state index is 11.6. The van der Waals surface area contributed by atoms with E-state index in [-0.39, 0.29) is 11.8 Å². The number of carbonyl (C=O) groups excluding carboxylic acids is 1. The Kier molecular flexibility index (Phi) is 4.27. The normalized spacial score (nSPS) is 12.3. The molecule has 1 aromatic heterocycles. The summed E-state index contributed by atoms with van der Waals surface area (Å²) in [5, 5.41) is 2.87. The molecule has 4 heteroatoms. The highest BCUT2D eigenvalue weighted by Crippen LogP contribution is 2.17. The van der Waals surface area contributed by atoms with Crippen molar-refractivity contribution in [1.29, 1.82) is 0 Å². The van der Waals surface area contributed by atoms with E-state index in [1.165, 1.54) is 0 Å². The van der Waals surface area contributed by atoms with Gasteiger partial charge in [-0.1, -0.05) is 13.8 Å². The molecule has 0 aliphatic heterocycles. The number of nitrogens with one attached hydrogen (secondary N) is 1. The van der Waals surface area contributed by atoms with Crippen LogP contribution in [0.3, 0.4) is 0 Å². The molecule has 0 aliphatic rings. The van der Waals surface area contributed by atoms with Gasteiger partial charge in [0, 0.05) is 5.92 Å². The fraction of sp³-hybridized carbons (Fsp3) is 0.455. The van der Waals surface area contributed by atoms with E-state index in [9.17, 15) is 4.79 Å². The summed E-state index contributed by atoms with van der Waals surface area (Å²) in [6.07, 6.45) is 0.842. The van der Waals surface area contributed by atoms with Gasteiger partial charge in [-0.2, -0.15) is 0 Å². The van der Waals surface area contributed by atoms with Crippen molar-refractivity contribution in [3.05, 3.63) is 22.4 Å². The third-order valence-corrected chi connectivity index (χ3v) is 2.81. The zero-order valence-corrected chi connectivity index (χ0v) is 10.8. The number of carbonyl (C=O) groups is 1. The highest BCUT2D eigenvalue weighted by atomic mass is 79.9. The number of amides is 1. The van der Waals surface area contributed by atoms with Gasteiger partial charge in [0.25, 0.3) is 0 Å². The van der Waals surface area contributed by atoms with Crippen molar-refractivity contribution in [2.24, 2.45) is 5.92 Å². The smallest absolute Gasteiger partial charge is 0.227 e. The molecular weight excluding hydrogens is 256 g/mol. The summed E-state index contributed by atoms with van der Waals surface area (Å²) in [7, 11) is 0. The molecule has 0 saturated heterocycles. The summed E-state index contributed by atoms with van der Waals surface area (Å²) in [4.78, 5) is 15.8. The topological polar surface area (TPSA) is 42.0 Å². The standard InChI is InChI=1S/C11H15BrN2O/c1-4-7(2)11(15)14-9-5-6-10(12)13-8(9)3/h5-7H,4H2,1-3H3,(H,14,15). The molecule has 1 N–H and O–H groups in total. The van der Waals surface area contributed by atoms with Crippen LogP contribution in [0, 0.1) is 12.8 Å². The van der Waals surface area contributed by atoms with Gasteiger partial charge in [0.05, 0.1) is 11.4 Å². The third kappa shape index (κ3) is 3.30. The summed E-state index contributed by atoms with van der Waals surface area (Å²) < 4.78 is 0.779. The molecule has 0 aromatic carbocycles. The summed E-state index contributed by atoms with van der Waals surface area (Å²) in [6, 6.07) is 3.67. The van der Waals surface area contributed by atoms with Crippen molar-refractivity contribution >= 4 is 27.5 Å². The van der Waals surface area contributed by atoms with E-state index in [0.717, 1.165) is 22.4 Å². The van der Waals surface area contributed by atoms with Crippen LogP contribution in [0.2, 0.25) is 0 Å². The number of pyridine rings is 1. The van der Waals surface area contributed by atoms with Gasteiger partial charge < -0.3 is 5.32 Å². The quantitative estimate of drug-likeness (QED) is 0.858. The second-order valence-electron chi connectivity index (χ2n) is 3.57. The van der Waals surface area contributed by atoms with Gasteiger partial charge in [0.15, 0.2) is 0 Å². The number of nitrogens with zero attached hydrogens (tertiary/aromatic N) is 1. The minimum atomic E-state index is 0.0352. The van der Waals surface area contributed by atoms with Gasteiger partial charge in [0.1, 0.15) is 4.60 Å². The molecule has 15 heavy (non-hydrogen) atoms. The lowest BCUT2D eigenvalue weighted by Crippen LogP contribution is -2.20. The Morgan fingerprint density at radius 1 is 1.60 bits per heavy atom. The number of halogens is 1. The molecule has 1 atom stereocenters. The fourth-order valence-electron chi connectivity index (χ4n) is 1.10. The van der Waals surface area contributed by atoms with Crippen LogP contribution in [0.5, 0.6) is 0 Å². The molecule has 3 nitrogen and oxygen atoms in total. The maximum absolute atomic E-state index is 11.6. The lowest BCUT2D eigenvalue weighted by molar-refractivity contribution is -0.119. The molecule has 1 amide bonds. The largest absolute Gasteiger partial charge is 0.324 e. The Morgan fingerprint density at radius 2 is 2.27 bits per heavy atom. The van der Waals surface area contributed by atoms with Crippen LogP contribution in [-0.2, 0) is 4.79 Å². The van der Waals surface area contributed by atoms with Gasteiger partial charge in [-0.15, -0.1) is 0 Å². The van der Waals surface area contributed by atoms with Crippen LogP contribution >= 0.6 is 15.9 Å². The summed E-state index contributed by atoms with van der Waals surface area (Å²) in [5.74, 6) is 0.0813. The van der Waals surface area contributed by atoms with Crippen molar-refractivity contribution in [2.45, 2.75) is 27.2 Å². The number of hydrogen-bond acceptors (Lipinski definition) is 2. The fourth-order valence-corrected chi connectivity index (χ4v) is 1.50. The second-order valence-corrected chi connectivity index (χ2v) is 4.38. The zero-order chi connectivity index (χ0) is 11.4. The lowest BCUT2D eigenvalue weighted by atomic mass is 10.1. The van der Waals surface area contributed by atoms with Crippen LogP contribution in [-0.4, -0.2) is 10.9 Å². The van der Waals surface area contributed by atoms with Crippen LogP contribution < -0.4 is 5.32 Å². The van der Waals surface area contributed by atoms with E-state index in [0.29, 0.717) is 0 Å². The van der Waals surface area contributed by atoms with Crippen molar-refractivity contribution < 1.29 is 4.79 Å². The predicted octanol–water partition coefficient (Wildman–Crippen LogP) is 3.14. The van der Waals surface area contributed by atoms with E-state index < -0.39 is 0 Å². The number of rotatable bonds is 3. The Bertz CT molecular complexity index is 366. The maximum Gasteiger partial charge on any atom is 0.227 e. The van der Waals surface area contributed by atoms with E-state index in [4.69, 9.17) is 0 Å². The van der Waals surface area contributed by atoms with Crippen LogP contribution in [0.4, 0.5) is 5.69 Å². The van der Waals surface area contributed by atoms with Crippen molar-refractivity contribution in [2.75, 3.05) is 5.32 Å². The SMILES string of the molecule is CCC(C)C(=O)Nc1ccc(Br)nc1C. The van der Waals surface area contributed by atoms with Gasteiger partial charge in [0.2, 0.25) is 5.91 Å². The molecular formula is C11H15BrN2O. The van der Waals surface area contributed by atoms with Gasteiger partial charge >= 0.3 is 0 Å². The Balaban J connectivity index is 2.77. The minimum absolute atomic E-state index is 0.0352. The van der Waals surface area contributed by atoms with Crippen LogP contribution in [0.25, 0.3) is 0 Å². The van der Waals surface area contributed by atoms with Crippen LogP contribution in [0.1, 0.15) is 26.0 Å². The highest BCUT2D eigenvalue weighted by molar-refractivity contribution is 9.10. The monoisotopic (exact) mass is 270 g/mol. The first kappa shape index (κ1) is 12.2. The number of hydrogen-bond donors (Lipinski definition) is 1. The molecule has 1 unspecified atom stereocenters. The molecule has 0 aliphatic carbocycles. The molecule has 0 fully saturated rings. The van der Waals surface area contributed by atoms with E-state index in [2.05, 4.69) is 26.2 Å². The highest BCUT2D eigenvalue weighted by Gasteiger charge is 2.11. The Labute approximate surface area is 98.4 Å². The van der Waals surface area contributed by atoms with Gasteiger partial charge in [-0.25, -0.2) is 4.98 Å². The average Bonchev–Trinajstić information content (AvgIpc) is 2.20. The lowest BCUT2D eigenvalue weighted by Gasteiger charge is -2.11. The first-order chi connectivity index (χ1) is 7.04. The summed E-state index contributed by atoms with van der Waals surface area (Å²) in [6.45, 7) is 5.78. The molecule has 1 aromatic rings. The van der Waals surface area contributed by atoms with Crippen molar-refractivity contribution in [3.8, 4) is 0 Å². The van der Waals surface area contributed by atoms with Crippen molar-refractivity contribution in [1.82, 2.24) is 4.98 Å². The van der Waals surface area contributed by atoms with Crippen molar-refractivity contribution in [3.63, 3.8) is 0 Å². The first-order valence-corrected chi connectivity index (χ1v) is 5.78. The second kappa shape index (κ2) is 5.26. The molecule has 0 bridgehead atoms. The Morgan fingerprint density at radius 3 is 2.80 bits per heavy atom. The average molecular weight is 271 g/mol. The van der Waals surface area contributed by atoms with E-state index in [1.807, 2.05) is 32.9 Å². The molecule has 0 saturated carbocycles. The Hall–Kier alpha value is -0.900. The number of anilines is 1. The minimum Gasteiger partial charge on any atom is -0.324 e. The molecule has 0 spiro atoms. The molecule has 82 valence electrons. The van der Waals surface area contributed by atoms with Gasteiger partial charge in [-0.3, -0.25) is 4.79 Å².